The van der Waals surface area contributed by atoms with Crippen LogP contribution in [-0.4, -0.2) is 31.4 Å². The molecule has 0 aromatic carbocycles. The summed E-state index contributed by atoms with van der Waals surface area (Å²) in [6, 6.07) is 0. The van der Waals surface area contributed by atoms with E-state index in [-0.39, 0.29) is 0 Å². The summed E-state index contributed by atoms with van der Waals surface area (Å²) >= 11 is 0. The van der Waals surface area contributed by atoms with Gasteiger partial charge in [0, 0.05) is 6.61 Å². The van der Waals surface area contributed by atoms with Gasteiger partial charge in [-0.05, 0) is 12.8 Å². The summed E-state index contributed by atoms with van der Waals surface area (Å²) < 4.78 is 39.7. The molecule has 1 rings (SSSR count). The van der Waals surface area contributed by atoms with Crippen molar-refractivity contribution < 1.29 is 27.5 Å². The number of hydroxylamine groups is 1. The Hall–Kier alpha value is -0.820. The third kappa shape index (κ3) is 3.93. The lowest BCUT2D eigenvalue weighted by molar-refractivity contribution is -0.194. The Morgan fingerprint density at radius 3 is 2.79 bits per heavy atom. The zero-order valence-electron chi connectivity index (χ0n) is 7.26. The molecule has 4 nitrogen and oxygen atoms in total. The van der Waals surface area contributed by atoms with Gasteiger partial charge in [-0.3, -0.25) is 9.63 Å². The second-order valence-corrected chi connectivity index (χ2v) is 2.87. The van der Waals surface area contributed by atoms with Crippen LogP contribution in [0.3, 0.4) is 0 Å². The van der Waals surface area contributed by atoms with E-state index >= 15 is 0 Å². The van der Waals surface area contributed by atoms with Crippen molar-refractivity contribution >= 4 is 5.91 Å². The monoisotopic (exact) mass is 213 g/mol. The summed E-state index contributed by atoms with van der Waals surface area (Å²) in [7, 11) is 0. The van der Waals surface area contributed by atoms with Crippen LogP contribution in [0.5, 0.6) is 0 Å². The number of hydrogen-bond donors (Lipinski definition) is 1. The molecule has 0 bridgehead atoms. The first-order chi connectivity index (χ1) is 6.49. The maximum Gasteiger partial charge on any atom is 0.414 e. The molecule has 1 fully saturated rings. The molecule has 0 aromatic rings. The molecule has 1 aliphatic heterocycles. The van der Waals surface area contributed by atoms with Crippen LogP contribution in [0.15, 0.2) is 0 Å². The molecule has 0 radical (unpaired) electrons. The fourth-order valence-electron chi connectivity index (χ4n) is 1.04. The molecule has 0 aliphatic carbocycles. The van der Waals surface area contributed by atoms with Crippen LogP contribution in [0.1, 0.15) is 12.8 Å². The van der Waals surface area contributed by atoms with Crippen LogP contribution in [-0.2, 0) is 14.4 Å². The van der Waals surface area contributed by atoms with E-state index < -0.39 is 24.8 Å². The Bertz CT molecular complexity index is 201. The van der Waals surface area contributed by atoms with Crippen LogP contribution in [0, 0.1) is 0 Å². The predicted octanol–water partition coefficient (Wildman–Crippen LogP) is 0.775. The van der Waals surface area contributed by atoms with Crippen molar-refractivity contribution in [1.29, 1.82) is 0 Å². The van der Waals surface area contributed by atoms with E-state index in [4.69, 9.17) is 4.74 Å². The first-order valence-electron chi connectivity index (χ1n) is 4.09. The summed E-state index contributed by atoms with van der Waals surface area (Å²) in [5, 5.41) is 0. The fraction of sp³-hybridized carbons (Fsp3) is 0.857. The molecule has 0 aromatic heterocycles. The largest absolute Gasteiger partial charge is 0.414 e. The molecule has 82 valence electrons. The van der Waals surface area contributed by atoms with Gasteiger partial charge >= 0.3 is 6.18 Å². The van der Waals surface area contributed by atoms with Gasteiger partial charge in [0.25, 0.3) is 5.91 Å². The van der Waals surface area contributed by atoms with Gasteiger partial charge in [0.2, 0.25) is 0 Å². The second kappa shape index (κ2) is 4.61. The zero-order chi connectivity index (χ0) is 10.6. The quantitative estimate of drug-likeness (QED) is 0.704. The third-order valence-corrected chi connectivity index (χ3v) is 1.63. The highest BCUT2D eigenvalue weighted by Gasteiger charge is 2.29. The number of halogens is 3. The molecule has 1 saturated heterocycles. The summed E-state index contributed by atoms with van der Waals surface area (Å²) in [5.41, 5.74) is 1.70. The minimum absolute atomic E-state index is 0.456. The Morgan fingerprint density at radius 1 is 1.57 bits per heavy atom. The van der Waals surface area contributed by atoms with Crippen LogP contribution < -0.4 is 5.48 Å². The van der Waals surface area contributed by atoms with Crippen molar-refractivity contribution in [3.63, 3.8) is 0 Å². The van der Waals surface area contributed by atoms with Crippen molar-refractivity contribution in [3.8, 4) is 0 Å². The highest BCUT2D eigenvalue weighted by atomic mass is 19.4. The summed E-state index contributed by atoms with van der Waals surface area (Å²) in [6.45, 7) is -1.04. The van der Waals surface area contributed by atoms with Crippen LogP contribution >= 0.6 is 0 Å². The van der Waals surface area contributed by atoms with E-state index in [9.17, 15) is 18.0 Å². The number of ether oxygens (including phenoxy) is 1. The minimum atomic E-state index is -4.44. The van der Waals surface area contributed by atoms with Crippen LogP contribution in [0.2, 0.25) is 0 Å². The van der Waals surface area contributed by atoms with Crippen molar-refractivity contribution in [2.45, 2.75) is 25.1 Å². The van der Waals surface area contributed by atoms with Crippen LogP contribution in [0.4, 0.5) is 13.2 Å². The maximum atomic E-state index is 11.6. The molecule has 1 atom stereocenters. The normalized spacial score (nSPS) is 22.4. The average molecular weight is 213 g/mol. The smallest absolute Gasteiger partial charge is 0.368 e. The lowest BCUT2D eigenvalue weighted by Crippen LogP contribution is -2.36. The molecule has 1 aliphatic rings. The van der Waals surface area contributed by atoms with E-state index in [1.165, 1.54) is 0 Å². The molecule has 14 heavy (non-hydrogen) atoms. The lowest BCUT2D eigenvalue weighted by atomic mass is 10.2. The summed E-state index contributed by atoms with van der Waals surface area (Å²) in [6.07, 6.45) is -3.87. The molecular formula is C7H10F3NO3. The first kappa shape index (κ1) is 11.3. The van der Waals surface area contributed by atoms with Crippen molar-refractivity contribution in [2.24, 2.45) is 0 Å². The van der Waals surface area contributed by atoms with Gasteiger partial charge in [0.1, 0.15) is 6.10 Å². The predicted molar refractivity (Wildman–Crippen MR) is 39.1 cm³/mol. The number of nitrogens with one attached hydrogen (secondary N) is 1. The Balaban J connectivity index is 2.15. The average Bonchev–Trinajstić information content (AvgIpc) is 2.53. The molecule has 7 heteroatoms. The Labute approximate surface area is 78.3 Å². The van der Waals surface area contributed by atoms with Crippen molar-refractivity contribution in [2.75, 3.05) is 13.2 Å². The van der Waals surface area contributed by atoms with E-state index in [0.29, 0.717) is 13.0 Å². The highest BCUT2D eigenvalue weighted by Crippen LogP contribution is 2.14. The maximum absolute atomic E-state index is 11.6. The number of alkyl halides is 3. The van der Waals surface area contributed by atoms with E-state index in [0.717, 1.165) is 6.42 Å². The van der Waals surface area contributed by atoms with Gasteiger partial charge in [-0.15, -0.1) is 0 Å². The SMILES string of the molecule is O=C(NOCC(F)(F)F)[C@@H]1CCCO1. The van der Waals surface area contributed by atoms with Gasteiger partial charge in [-0.1, -0.05) is 0 Å². The van der Waals surface area contributed by atoms with Crippen molar-refractivity contribution in [3.05, 3.63) is 0 Å². The van der Waals surface area contributed by atoms with Gasteiger partial charge in [-0.2, -0.15) is 13.2 Å². The standard InChI is InChI=1S/C7H10F3NO3/c8-7(9,10)4-14-11-6(12)5-2-1-3-13-5/h5H,1-4H2,(H,11,12)/t5-/m0/s1. The number of hydrogen-bond acceptors (Lipinski definition) is 3. The molecule has 0 spiro atoms. The van der Waals surface area contributed by atoms with Gasteiger partial charge in [0.15, 0.2) is 6.61 Å². The molecule has 0 unspecified atom stereocenters. The highest BCUT2D eigenvalue weighted by molar-refractivity contribution is 5.79. The van der Waals surface area contributed by atoms with Gasteiger partial charge in [0.05, 0.1) is 0 Å². The van der Waals surface area contributed by atoms with Crippen molar-refractivity contribution in [1.82, 2.24) is 5.48 Å². The number of carbonyl (C=O) groups is 1. The molecule has 1 heterocycles. The summed E-state index contributed by atoms with van der Waals surface area (Å²) in [4.78, 5) is 15.0. The third-order valence-electron chi connectivity index (χ3n) is 1.63. The topological polar surface area (TPSA) is 47.6 Å². The van der Waals surface area contributed by atoms with Gasteiger partial charge in [-0.25, -0.2) is 5.48 Å². The zero-order valence-corrected chi connectivity index (χ0v) is 7.26. The molecule has 1 N–H and O–H groups in total. The molecule has 0 saturated carbocycles. The van der Waals surface area contributed by atoms with E-state index in [2.05, 4.69) is 4.84 Å². The van der Waals surface area contributed by atoms with E-state index in [1.54, 1.807) is 5.48 Å². The molecule has 1 amide bonds. The summed E-state index contributed by atoms with van der Waals surface area (Å²) in [5.74, 6) is -0.660. The number of rotatable bonds is 3. The van der Waals surface area contributed by atoms with E-state index in [1.807, 2.05) is 0 Å². The van der Waals surface area contributed by atoms with Gasteiger partial charge < -0.3 is 4.74 Å². The fourth-order valence-corrected chi connectivity index (χ4v) is 1.04. The molecular weight excluding hydrogens is 203 g/mol. The first-order valence-corrected chi connectivity index (χ1v) is 4.09. The number of amides is 1. The lowest BCUT2D eigenvalue weighted by Gasteiger charge is -2.11. The minimum Gasteiger partial charge on any atom is -0.368 e. The Morgan fingerprint density at radius 2 is 2.29 bits per heavy atom. The Kier molecular flexibility index (Phi) is 3.70. The number of carbonyl (C=O) groups excluding carboxylic acids is 1. The second-order valence-electron chi connectivity index (χ2n) is 2.87. The van der Waals surface area contributed by atoms with Crippen LogP contribution in [0.25, 0.3) is 0 Å².